The van der Waals surface area contributed by atoms with Crippen LogP contribution in [0.3, 0.4) is 0 Å². The van der Waals surface area contributed by atoms with Gasteiger partial charge in [0.2, 0.25) is 5.95 Å². The summed E-state index contributed by atoms with van der Waals surface area (Å²) in [4.78, 5) is 9.10. The van der Waals surface area contributed by atoms with Crippen LogP contribution < -0.4 is 10.6 Å². The molecule has 26 heavy (non-hydrogen) atoms. The van der Waals surface area contributed by atoms with E-state index in [-0.39, 0.29) is 5.82 Å². The largest absolute Gasteiger partial charge is 0.324 e. The summed E-state index contributed by atoms with van der Waals surface area (Å²) < 4.78 is 13.1. The Balaban J connectivity index is 1.71. The minimum Gasteiger partial charge on any atom is -0.324 e. The first-order valence-electron chi connectivity index (χ1n) is 8.32. The van der Waals surface area contributed by atoms with Crippen LogP contribution in [-0.4, -0.2) is 20.2 Å². The average Bonchev–Trinajstić information content (AvgIpc) is 3.11. The molecule has 130 valence electrons. The Labute approximate surface area is 149 Å². The predicted octanol–water partition coefficient (Wildman–Crippen LogP) is 4.54. The number of H-pyrrole nitrogens is 1. The Bertz CT molecular complexity index is 1040. The summed E-state index contributed by atoms with van der Waals surface area (Å²) in [6.07, 6.45) is 0.872. The van der Waals surface area contributed by atoms with Crippen LogP contribution in [0.4, 0.5) is 27.7 Å². The lowest BCUT2D eigenvalue weighted by molar-refractivity contribution is 0.628. The quantitative estimate of drug-likeness (QED) is 0.493. The van der Waals surface area contributed by atoms with Crippen LogP contribution in [-0.2, 0) is 6.42 Å². The number of fused-ring (bicyclic) bond motifs is 1. The second kappa shape index (κ2) is 6.79. The maximum atomic E-state index is 13.1. The Morgan fingerprint density at radius 3 is 2.58 bits per heavy atom. The third-order valence-corrected chi connectivity index (χ3v) is 3.96. The van der Waals surface area contributed by atoms with Crippen LogP contribution in [0.2, 0.25) is 0 Å². The topological polar surface area (TPSA) is 78.5 Å². The molecule has 6 nitrogen and oxygen atoms in total. The number of hydrogen-bond donors (Lipinski definition) is 3. The lowest BCUT2D eigenvalue weighted by Gasteiger charge is -2.10. The van der Waals surface area contributed by atoms with Gasteiger partial charge in [0.15, 0.2) is 5.82 Å². The maximum Gasteiger partial charge on any atom is 0.229 e. The van der Waals surface area contributed by atoms with Crippen LogP contribution >= 0.6 is 0 Å². The summed E-state index contributed by atoms with van der Waals surface area (Å²) in [5.41, 5.74) is 2.54. The van der Waals surface area contributed by atoms with E-state index < -0.39 is 0 Å². The zero-order valence-electron chi connectivity index (χ0n) is 14.1. The molecule has 0 amide bonds. The van der Waals surface area contributed by atoms with E-state index in [4.69, 9.17) is 0 Å². The van der Waals surface area contributed by atoms with Gasteiger partial charge in [-0.15, -0.1) is 0 Å². The van der Waals surface area contributed by atoms with Crippen molar-refractivity contribution >= 4 is 34.2 Å². The Kier molecular flexibility index (Phi) is 4.18. The minimum absolute atomic E-state index is 0.289. The van der Waals surface area contributed by atoms with Gasteiger partial charge in [0.05, 0.1) is 5.52 Å². The lowest BCUT2D eigenvalue weighted by Crippen LogP contribution is -2.02. The van der Waals surface area contributed by atoms with E-state index in [9.17, 15) is 4.39 Å². The normalized spacial score (nSPS) is 10.8. The van der Waals surface area contributed by atoms with E-state index in [2.05, 4.69) is 37.7 Å². The smallest absolute Gasteiger partial charge is 0.229 e. The molecular formula is C19H17FN6. The second-order valence-electron chi connectivity index (χ2n) is 5.80. The monoisotopic (exact) mass is 348 g/mol. The zero-order valence-corrected chi connectivity index (χ0v) is 14.1. The SMILES string of the molecule is CCc1cc(Nc2nc(Nc3ccc(F)cc3)nc3ccccc23)n[nH]1. The number of anilines is 4. The first-order valence-corrected chi connectivity index (χ1v) is 8.32. The molecule has 2 heterocycles. The van der Waals surface area contributed by atoms with Crippen molar-refractivity contribution in [3.05, 3.63) is 66.1 Å². The molecule has 0 unspecified atom stereocenters. The molecule has 7 heteroatoms. The van der Waals surface area contributed by atoms with Crippen molar-refractivity contribution in [2.24, 2.45) is 0 Å². The van der Waals surface area contributed by atoms with E-state index >= 15 is 0 Å². The lowest BCUT2D eigenvalue weighted by atomic mass is 10.2. The van der Waals surface area contributed by atoms with E-state index in [0.29, 0.717) is 23.3 Å². The summed E-state index contributed by atoms with van der Waals surface area (Å²) in [5, 5.41) is 14.5. The van der Waals surface area contributed by atoms with E-state index in [1.165, 1.54) is 12.1 Å². The highest BCUT2D eigenvalue weighted by atomic mass is 19.1. The number of hydrogen-bond acceptors (Lipinski definition) is 5. The van der Waals surface area contributed by atoms with Crippen molar-refractivity contribution in [2.75, 3.05) is 10.6 Å². The highest BCUT2D eigenvalue weighted by Crippen LogP contribution is 2.26. The number of benzene rings is 2. The first kappa shape index (κ1) is 16.0. The van der Waals surface area contributed by atoms with Crippen molar-refractivity contribution in [1.29, 1.82) is 0 Å². The van der Waals surface area contributed by atoms with Crippen molar-refractivity contribution in [3.8, 4) is 0 Å². The van der Waals surface area contributed by atoms with Crippen molar-refractivity contribution < 1.29 is 4.39 Å². The van der Waals surface area contributed by atoms with Crippen molar-refractivity contribution in [1.82, 2.24) is 20.2 Å². The summed E-state index contributed by atoms with van der Waals surface area (Å²) in [6, 6.07) is 15.7. The number of aromatic nitrogens is 4. The maximum absolute atomic E-state index is 13.1. The van der Waals surface area contributed by atoms with E-state index in [1.807, 2.05) is 30.3 Å². The standard InChI is InChI=1S/C19H17FN6/c1-2-13-11-17(26-25-13)23-18-15-5-3-4-6-16(15)22-19(24-18)21-14-9-7-12(20)8-10-14/h3-11H,2H2,1H3,(H3,21,22,23,24,25,26). The molecule has 0 aliphatic heterocycles. The van der Waals surface area contributed by atoms with Gasteiger partial charge >= 0.3 is 0 Å². The van der Waals surface area contributed by atoms with E-state index in [0.717, 1.165) is 23.0 Å². The average molecular weight is 348 g/mol. The molecule has 0 aliphatic carbocycles. The van der Waals surface area contributed by atoms with Crippen molar-refractivity contribution in [3.63, 3.8) is 0 Å². The molecule has 2 aromatic carbocycles. The van der Waals surface area contributed by atoms with Gasteiger partial charge in [0, 0.05) is 22.8 Å². The Hall–Kier alpha value is -3.48. The summed E-state index contributed by atoms with van der Waals surface area (Å²) in [6.45, 7) is 2.06. The molecule has 4 rings (SSSR count). The predicted molar refractivity (Wildman–Crippen MR) is 100 cm³/mol. The number of para-hydroxylation sites is 1. The molecule has 0 spiro atoms. The fraction of sp³-hybridized carbons (Fsp3) is 0.105. The van der Waals surface area contributed by atoms with Gasteiger partial charge < -0.3 is 10.6 Å². The van der Waals surface area contributed by atoms with Crippen molar-refractivity contribution in [2.45, 2.75) is 13.3 Å². The zero-order chi connectivity index (χ0) is 17.9. The molecule has 0 saturated carbocycles. The highest BCUT2D eigenvalue weighted by molar-refractivity contribution is 5.91. The van der Waals surface area contributed by atoms with Gasteiger partial charge in [-0.2, -0.15) is 10.1 Å². The molecule has 3 N–H and O–H groups in total. The fourth-order valence-corrected chi connectivity index (χ4v) is 2.62. The third-order valence-electron chi connectivity index (χ3n) is 3.96. The van der Waals surface area contributed by atoms with Crippen LogP contribution in [0.1, 0.15) is 12.6 Å². The molecular weight excluding hydrogens is 331 g/mol. The molecule has 0 bridgehead atoms. The number of aromatic amines is 1. The molecule has 0 saturated heterocycles. The van der Waals surface area contributed by atoms with Gasteiger partial charge in [-0.1, -0.05) is 19.1 Å². The third kappa shape index (κ3) is 3.32. The van der Waals surface area contributed by atoms with Gasteiger partial charge in [-0.3, -0.25) is 5.10 Å². The first-order chi connectivity index (χ1) is 12.7. The Morgan fingerprint density at radius 2 is 1.81 bits per heavy atom. The molecule has 0 aliphatic rings. The van der Waals surface area contributed by atoms with Gasteiger partial charge in [0.25, 0.3) is 0 Å². The number of halogens is 1. The number of nitrogens with one attached hydrogen (secondary N) is 3. The van der Waals surface area contributed by atoms with Crippen LogP contribution in [0.25, 0.3) is 10.9 Å². The van der Waals surface area contributed by atoms with Gasteiger partial charge in [-0.05, 0) is 42.8 Å². The van der Waals surface area contributed by atoms with Gasteiger partial charge in [0.1, 0.15) is 11.6 Å². The van der Waals surface area contributed by atoms with Crippen LogP contribution in [0.5, 0.6) is 0 Å². The summed E-state index contributed by atoms with van der Waals surface area (Å²) in [5.74, 6) is 1.47. The number of rotatable bonds is 5. The minimum atomic E-state index is -0.289. The fourth-order valence-electron chi connectivity index (χ4n) is 2.62. The molecule has 2 aromatic heterocycles. The Morgan fingerprint density at radius 1 is 1.00 bits per heavy atom. The number of nitrogens with zero attached hydrogens (tertiary/aromatic N) is 3. The van der Waals surface area contributed by atoms with E-state index in [1.54, 1.807) is 12.1 Å². The molecule has 0 radical (unpaired) electrons. The second-order valence-corrected chi connectivity index (χ2v) is 5.80. The summed E-state index contributed by atoms with van der Waals surface area (Å²) >= 11 is 0. The highest BCUT2D eigenvalue weighted by Gasteiger charge is 2.10. The van der Waals surface area contributed by atoms with Crippen LogP contribution in [0.15, 0.2) is 54.6 Å². The molecule has 0 atom stereocenters. The molecule has 4 aromatic rings. The molecule has 0 fully saturated rings. The number of aryl methyl sites for hydroxylation is 1. The summed E-state index contributed by atoms with van der Waals surface area (Å²) in [7, 11) is 0. The van der Waals surface area contributed by atoms with Gasteiger partial charge in [-0.25, -0.2) is 9.37 Å². The van der Waals surface area contributed by atoms with Crippen LogP contribution in [0, 0.1) is 5.82 Å².